The van der Waals surface area contributed by atoms with Gasteiger partial charge in [-0.05, 0) is 31.0 Å². The molecule has 0 bridgehead atoms. The normalized spacial score (nSPS) is 18.3. The van der Waals surface area contributed by atoms with E-state index in [4.69, 9.17) is 11.6 Å². The highest BCUT2D eigenvalue weighted by atomic mass is 35.5. The Morgan fingerprint density at radius 3 is 2.80 bits per heavy atom. The van der Waals surface area contributed by atoms with Gasteiger partial charge in [0.1, 0.15) is 5.82 Å². The molecule has 1 aliphatic rings. The summed E-state index contributed by atoms with van der Waals surface area (Å²) in [7, 11) is 1.80. The molecule has 2 aromatic rings. The fourth-order valence-corrected chi connectivity index (χ4v) is 3.26. The van der Waals surface area contributed by atoms with E-state index in [2.05, 4.69) is 20.1 Å². The second-order valence-corrected chi connectivity index (χ2v) is 6.37. The maximum Gasteiger partial charge on any atom is 0.417 e. The fourth-order valence-electron chi connectivity index (χ4n) is 2.96. The van der Waals surface area contributed by atoms with Crippen molar-refractivity contribution in [1.29, 1.82) is 0 Å². The molecule has 0 N–H and O–H groups in total. The third-order valence-electron chi connectivity index (χ3n) is 4.31. The van der Waals surface area contributed by atoms with E-state index in [1.54, 1.807) is 13.2 Å². The minimum Gasteiger partial charge on any atom is -0.354 e. The Labute approximate surface area is 148 Å². The number of alkyl halides is 3. The lowest BCUT2D eigenvalue weighted by Crippen LogP contribution is -2.47. The molecule has 1 aliphatic heterocycles. The van der Waals surface area contributed by atoms with Crippen molar-refractivity contribution in [2.24, 2.45) is 0 Å². The van der Waals surface area contributed by atoms with Crippen LogP contribution in [0.3, 0.4) is 0 Å². The van der Waals surface area contributed by atoms with E-state index in [0.717, 1.165) is 37.5 Å². The fraction of sp³-hybridized carbons (Fsp3) is 0.438. The molecule has 25 heavy (non-hydrogen) atoms. The van der Waals surface area contributed by atoms with Gasteiger partial charge < -0.3 is 9.80 Å². The summed E-state index contributed by atoms with van der Waals surface area (Å²) < 4.78 is 38.3. The summed E-state index contributed by atoms with van der Waals surface area (Å²) in [6.07, 6.45) is -0.193. The number of piperidine rings is 1. The summed E-state index contributed by atoms with van der Waals surface area (Å²) in [6.45, 7) is 1.53. The Bertz CT molecular complexity index is 725. The molecule has 1 atom stereocenters. The molecular weight excluding hydrogens is 355 g/mol. The number of nitrogens with zero attached hydrogens (tertiary/aromatic N) is 5. The smallest absolute Gasteiger partial charge is 0.354 e. The van der Waals surface area contributed by atoms with Crippen LogP contribution in [-0.2, 0) is 6.18 Å². The van der Waals surface area contributed by atoms with E-state index in [1.165, 1.54) is 0 Å². The monoisotopic (exact) mass is 371 g/mol. The number of anilines is 2. The average molecular weight is 372 g/mol. The van der Waals surface area contributed by atoms with Crippen molar-refractivity contribution in [1.82, 2.24) is 15.2 Å². The summed E-state index contributed by atoms with van der Waals surface area (Å²) in [4.78, 5) is 7.89. The van der Waals surface area contributed by atoms with Gasteiger partial charge in [0.2, 0.25) is 0 Å². The first-order valence-electron chi connectivity index (χ1n) is 7.84. The third kappa shape index (κ3) is 3.95. The number of aromatic nitrogens is 3. The summed E-state index contributed by atoms with van der Waals surface area (Å²) in [5, 5.41) is 8.00. The van der Waals surface area contributed by atoms with Gasteiger partial charge in [-0.2, -0.15) is 18.3 Å². The lowest BCUT2D eigenvalue weighted by Gasteiger charge is -2.38. The van der Waals surface area contributed by atoms with Gasteiger partial charge in [-0.1, -0.05) is 11.6 Å². The number of halogens is 4. The molecule has 3 heterocycles. The molecule has 0 aliphatic carbocycles. The van der Waals surface area contributed by atoms with Gasteiger partial charge in [0.05, 0.1) is 10.6 Å². The minimum atomic E-state index is -4.46. The first-order valence-corrected chi connectivity index (χ1v) is 8.22. The highest BCUT2D eigenvalue weighted by molar-refractivity contribution is 6.33. The molecule has 134 valence electrons. The van der Waals surface area contributed by atoms with E-state index in [9.17, 15) is 13.2 Å². The number of hydrogen-bond acceptors (Lipinski definition) is 5. The van der Waals surface area contributed by atoms with Gasteiger partial charge in [-0.3, -0.25) is 0 Å². The standard InChI is InChI=1S/C16H17ClF3N5/c1-24(15-13(17)8-11(9-21-15)16(18,19)20)12-4-3-7-25(10-12)14-5-2-6-22-23-14/h2,5-6,8-9,12H,3-4,7,10H2,1H3. The number of rotatable bonds is 3. The molecule has 1 fully saturated rings. The van der Waals surface area contributed by atoms with Crippen LogP contribution in [0.4, 0.5) is 24.8 Å². The Hall–Kier alpha value is -2.09. The van der Waals surface area contributed by atoms with Crippen molar-refractivity contribution in [2.75, 3.05) is 29.9 Å². The van der Waals surface area contributed by atoms with Crippen LogP contribution in [0.2, 0.25) is 5.02 Å². The summed E-state index contributed by atoms with van der Waals surface area (Å²) in [6, 6.07) is 4.70. The Morgan fingerprint density at radius 1 is 1.36 bits per heavy atom. The predicted molar refractivity (Wildman–Crippen MR) is 89.9 cm³/mol. The molecule has 3 rings (SSSR count). The van der Waals surface area contributed by atoms with Crippen molar-refractivity contribution in [3.05, 3.63) is 41.2 Å². The number of hydrogen-bond donors (Lipinski definition) is 0. The largest absolute Gasteiger partial charge is 0.417 e. The maximum atomic E-state index is 12.8. The van der Waals surface area contributed by atoms with Crippen LogP contribution < -0.4 is 9.80 Å². The summed E-state index contributed by atoms with van der Waals surface area (Å²) in [5.74, 6) is 1.13. The Balaban J connectivity index is 1.77. The third-order valence-corrected chi connectivity index (χ3v) is 4.59. The van der Waals surface area contributed by atoms with E-state index in [0.29, 0.717) is 12.4 Å². The van der Waals surface area contributed by atoms with Gasteiger partial charge in [-0.25, -0.2) is 4.98 Å². The zero-order valence-corrected chi connectivity index (χ0v) is 14.3. The van der Waals surface area contributed by atoms with Gasteiger partial charge >= 0.3 is 6.18 Å². The van der Waals surface area contributed by atoms with Gasteiger partial charge in [0.15, 0.2) is 5.82 Å². The second-order valence-electron chi connectivity index (χ2n) is 5.96. The first kappa shape index (κ1) is 17.7. The highest BCUT2D eigenvalue weighted by Crippen LogP contribution is 2.34. The minimum absolute atomic E-state index is 0.00560. The molecule has 1 saturated heterocycles. The van der Waals surface area contributed by atoms with Gasteiger partial charge in [-0.15, -0.1) is 5.10 Å². The van der Waals surface area contributed by atoms with E-state index in [-0.39, 0.29) is 11.1 Å². The summed E-state index contributed by atoms with van der Waals surface area (Å²) >= 11 is 6.06. The number of pyridine rings is 1. The molecule has 0 spiro atoms. The Morgan fingerprint density at radius 2 is 2.16 bits per heavy atom. The van der Waals surface area contributed by atoms with Crippen molar-refractivity contribution in [2.45, 2.75) is 25.1 Å². The lowest BCUT2D eigenvalue weighted by atomic mass is 10.0. The van der Waals surface area contributed by atoms with Crippen molar-refractivity contribution in [3.8, 4) is 0 Å². The van der Waals surface area contributed by atoms with E-state index < -0.39 is 11.7 Å². The predicted octanol–water partition coefficient (Wildman–Crippen LogP) is 3.65. The molecule has 9 heteroatoms. The maximum absolute atomic E-state index is 12.8. The van der Waals surface area contributed by atoms with Crippen LogP contribution in [0.1, 0.15) is 18.4 Å². The molecule has 0 radical (unpaired) electrons. The SMILES string of the molecule is CN(c1ncc(C(F)(F)F)cc1Cl)C1CCCN(c2cccnn2)C1. The van der Waals surface area contributed by atoms with Crippen LogP contribution in [-0.4, -0.2) is 41.4 Å². The number of likely N-dealkylation sites (N-methyl/N-ethyl adjacent to an activating group) is 1. The zero-order valence-electron chi connectivity index (χ0n) is 13.5. The molecular formula is C16H17ClF3N5. The molecule has 2 aromatic heterocycles. The molecule has 1 unspecified atom stereocenters. The van der Waals surface area contributed by atoms with Crippen LogP contribution in [0, 0.1) is 0 Å². The topological polar surface area (TPSA) is 45.2 Å². The van der Waals surface area contributed by atoms with Crippen LogP contribution in [0.15, 0.2) is 30.6 Å². The van der Waals surface area contributed by atoms with Crippen LogP contribution >= 0.6 is 11.6 Å². The summed E-state index contributed by atoms with van der Waals surface area (Å²) in [5.41, 5.74) is -0.848. The van der Waals surface area contributed by atoms with Crippen molar-refractivity contribution in [3.63, 3.8) is 0 Å². The van der Waals surface area contributed by atoms with Gasteiger partial charge in [0.25, 0.3) is 0 Å². The molecule has 0 amide bonds. The molecule has 0 aromatic carbocycles. The van der Waals surface area contributed by atoms with E-state index in [1.807, 2.05) is 17.0 Å². The van der Waals surface area contributed by atoms with Crippen LogP contribution in [0.5, 0.6) is 0 Å². The van der Waals surface area contributed by atoms with Crippen LogP contribution in [0.25, 0.3) is 0 Å². The highest BCUT2D eigenvalue weighted by Gasteiger charge is 2.33. The Kier molecular flexibility index (Phi) is 4.99. The molecule has 5 nitrogen and oxygen atoms in total. The zero-order chi connectivity index (χ0) is 18.0. The average Bonchev–Trinajstić information content (AvgIpc) is 2.61. The lowest BCUT2D eigenvalue weighted by molar-refractivity contribution is -0.137. The van der Waals surface area contributed by atoms with Crippen molar-refractivity contribution >= 4 is 23.2 Å². The molecule has 0 saturated carbocycles. The van der Waals surface area contributed by atoms with E-state index >= 15 is 0 Å². The quantitative estimate of drug-likeness (QED) is 0.824. The van der Waals surface area contributed by atoms with Gasteiger partial charge in [0, 0.05) is 38.6 Å². The first-order chi connectivity index (χ1) is 11.9. The second kappa shape index (κ2) is 7.03. The van der Waals surface area contributed by atoms with Crippen molar-refractivity contribution < 1.29 is 13.2 Å².